The molecule has 1 heterocycles. The van der Waals surface area contributed by atoms with Crippen LogP contribution in [-0.4, -0.2) is 24.5 Å². The largest absolute Gasteiger partial charge is 0.496 e. The SMILES string of the molecule is COc1ccccc1CCNC(=O)c1[nH]c2ccccc2c1C. The van der Waals surface area contributed by atoms with Crippen LogP contribution in [0.1, 0.15) is 21.6 Å². The zero-order valence-electron chi connectivity index (χ0n) is 13.3. The first kappa shape index (κ1) is 15.2. The first-order valence-corrected chi connectivity index (χ1v) is 7.68. The number of H-pyrrole nitrogens is 1. The number of hydrogen-bond donors (Lipinski definition) is 2. The van der Waals surface area contributed by atoms with Crippen LogP contribution in [0.2, 0.25) is 0 Å². The summed E-state index contributed by atoms with van der Waals surface area (Å²) in [5.41, 5.74) is 3.69. The number of carbonyl (C=O) groups excluding carboxylic acids is 1. The van der Waals surface area contributed by atoms with Crippen molar-refractivity contribution in [3.05, 3.63) is 65.4 Å². The number of aryl methyl sites for hydroxylation is 1. The Morgan fingerprint density at radius 1 is 1.13 bits per heavy atom. The van der Waals surface area contributed by atoms with Crippen LogP contribution in [0, 0.1) is 6.92 Å². The lowest BCUT2D eigenvalue weighted by atomic mass is 10.1. The van der Waals surface area contributed by atoms with Gasteiger partial charge >= 0.3 is 0 Å². The summed E-state index contributed by atoms with van der Waals surface area (Å²) in [7, 11) is 1.66. The number of ether oxygens (including phenoxy) is 1. The van der Waals surface area contributed by atoms with Gasteiger partial charge < -0.3 is 15.0 Å². The number of para-hydroxylation sites is 2. The molecule has 3 rings (SSSR count). The van der Waals surface area contributed by atoms with Gasteiger partial charge in [-0.3, -0.25) is 4.79 Å². The molecular formula is C19H20N2O2. The van der Waals surface area contributed by atoms with Crippen molar-refractivity contribution in [1.82, 2.24) is 10.3 Å². The van der Waals surface area contributed by atoms with Crippen LogP contribution in [0.25, 0.3) is 10.9 Å². The van der Waals surface area contributed by atoms with Gasteiger partial charge in [0.1, 0.15) is 11.4 Å². The van der Waals surface area contributed by atoms with Crippen LogP contribution in [0.3, 0.4) is 0 Å². The predicted octanol–water partition coefficient (Wildman–Crippen LogP) is 3.46. The highest BCUT2D eigenvalue weighted by Crippen LogP contribution is 2.21. The third-order valence-electron chi connectivity index (χ3n) is 4.07. The fourth-order valence-corrected chi connectivity index (χ4v) is 2.82. The summed E-state index contributed by atoms with van der Waals surface area (Å²) in [6.07, 6.45) is 0.731. The van der Waals surface area contributed by atoms with Crippen LogP contribution >= 0.6 is 0 Å². The van der Waals surface area contributed by atoms with Crippen molar-refractivity contribution in [2.45, 2.75) is 13.3 Å². The van der Waals surface area contributed by atoms with Gasteiger partial charge in [-0.1, -0.05) is 36.4 Å². The zero-order chi connectivity index (χ0) is 16.2. The van der Waals surface area contributed by atoms with Crippen LogP contribution in [0.4, 0.5) is 0 Å². The number of fused-ring (bicyclic) bond motifs is 1. The normalized spacial score (nSPS) is 10.7. The molecule has 0 bridgehead atoms. The predicted molar refractivity (Wildman–Crippen MR) is 92.1 cm³/mol. The van der Waals surface area contributed by atoms with E-state index in [2.05, 4.69) is 10.3 Å². The van der Waals surface area contributed by atoms with E-state index in [1.807, 2.05) is 55.5 Å². The zero-order valence-corrected chi connectivity index (χ0v) is 13.3. The van der Waals surface area contributed by atoms with E-state index in [4.69, 9.17) is 4.74 Å². The molecule has 2 N–H and O–H groups in total. The molecule has 0 aliphatic rings. The van der Waals surface area contributed by atoms with Crippen LogP contribution in [0.5, 0.6) is 5.75 Å². The molecule has 0 aliphatic heterocycles. The Morgan fingerprint density at radius 3 is 2.65 bits per heavy atom. The van der Waals surface area contributed by atoms with E-state index in [0.29, 0.717) is 12.2 Å². The smallest absolute Gasteiger partial charge is 0.268 e. The molecule has 23 heavy (non-hydrogen) atoms. The average Bonchev–Trinajstić information content (AvgIpc) is 2.92. The fourth-order valence-electron chi connectivity index (χ4n) is 2.82. The van der Waals surface area contributed by atoms with Crippen LogP contribution in [-0.2, 0) is 6.42 Å². The first-order chi connectivity index (χ1) is 11.2. The van der Waals surface area contributed by atoms with Crippen molar-refractivity contribution in [3.8, 4) is 5.75 Å². The number of methoxy groups -OCH3 is 1. The summed E-state index contributed by atoms with van der Waals surface area (Å²) in [5.74, 6) is 0.775. The number of carbonyl (C=O) groups is 1. The van der Waals surface area contributed by atoms with E-state index < -0.39 is 0 Å². The van der Waals surface area contributed by atoms with Gasteiger partial charge in [0.05, 0.1) is 7.11 Å². The Hall–Kier alpha value is -2.75. The summed E-state index contributed by atoms with van der Waals surface area (Å²) in [5, 5.41) is 4.06. The molecule has 1 amide bonds. The highest BCUT2D eigenvalue weighted by atomic mass is 16.5. The molecule has 4 heteroatoms. The van der Waals surface area contributed by atoms with E-state index in [1.165, 1.54) is 0 Å². The number of rotatable bonds is 5. The fraction of sp³-hybridized carbons (Fsp3) is 0.211. The molecule has 2 aromatic carbocycles. The molecular weight excluding hydrogens is 288 g/mol. The molecule has 0 fully saturated rings. The molecule has 3 aromatic rings. The van der Waals surface area contributed by atoms with Crippen molar-refractivity contribution >= 4 is 16.8 Å². The number of aromatic nitrogens is 1. The van der Waals surface area contributed by atoms with Crippen molar-refractivity contribution in [3.63, 3.8) is 0 Å². The lowest BCUT2D eigenvalue weighted by Gasteiger charge is -2.09. The van der Waals surface area contributed by atoms with E-state index in [-0.39, 0.29) is 5.91 Å². The number of aromatic amines is 1. The molecule has 4 nitrogen and oxygen atoms in total. The Balaban J connectivity index is 1.68. The van der Waals surface area contributed by atoms with Crippen molar-refractivity contribution < 1.29 is 9.53 Å². The Kier molecular flexibility index (Phi) is 4.33. The van der Waals surface area contributed by atoms with Gasteiger partial charge in [-0.2, -0.15) is 0 Å². The lowest BCUT2D eigenvalue weighted by Crippen LogP contribution is -2.26. The maximum Gasteiger partial charge on any atom is 0.268 e. The molecule has 0 saturated carbocycles. The standard InChI is InChI=1S/C19H20N2O2/c1-13-15-8-4-5-9-16(15)21-18(13)19(22)20-12-11-14-7-3-6-10-17(14)23-2/h3-10,21H,11-12H2,1-2H3,(H,20,22). The van der Waals surface area contributed by atoms with Crippen LogP contribution < -0.4 is 10.1 Å². The second kappa shape index (κ2) is 6.57. The first-order valence-electron chi connectivity index (χ1n) is 7.68. The maximum absolute atomic E-state index is 12.4. The minimum atomic E-state index is -0.0754. The number of nitrogens with one attached hydrogen (secondary N) is 2. The molecule has 118 valence electrons. The number of amides is 1. The molecule has 0 unspecified atom stereocenters. The lowest BCUT2D eigenvalue weighted by molar-refractivity contribution is 0.0949. The maximum atomic E-state index is 12.4. The summed E-state index contributed by atoms with van der Waals surface area (Å²) >= 11 is 0. The van der Waals surface area contributed by atoms with Gasteiger partial charge in [0.25, 0.3) is 5.91 Å². The minimum absolute atomic E-state index is 0.0754. The average molecular weight is 308 g/mol. The van der Waals surface area contributed by atoms with Crippen molar-refractivity contribution in [1.29, 1.82) is 0 Å². The van der Waals surface area contributed by atoms with Gasteiger partial charge in [0.15, 0.2) is 0 Å². The molecule has 0 radical (unpaired) electrons. The Bertz CT molecular complexity index is 836. The molecule has 0 atom stereocenters. The molecule has 0 saturated heterocycles. The van der Waals surface area contributed by atoms with Gasteiger partial charge in [-0.05, 0) is 36.6 Å². The minimum Gasteiger partial charge on any atom is -0.496 e. The van der Waals surface area contributed by atoms with E-state index in [1.54, 1.807) is 7.11 Å². The van der Waals surface area contributed by atoms with E-state index >= 15 is 0 Å². The summed E-state index contributed by atoms with van der Waals surface area (Å²) in [6.45, 7) is 2.53. The summed E-state index contributed by atoms with van der Waals surface area (Å²) in [6, 6.07) is 15.8. The third-order valence-corrected chi connectivity index (χ3v) is 4.07. The third kappa shape index (κ3) is 3.06. The highest BCUT2D eigenvalue weighted by molar-refractivity contribution is 6.00. The molecule has 1 aromatic heterocycles. The van der Waals surface area contributed by atoms with E-state index in [0.717, 1.165) is 34.2 Å². The molecule has 0 aliphatic carbocycles. The summed E-state index contributed by atoms with van der Waals surface area (Å²) < 4.78 is 5.33. The van der Waals surface area contributed by atoms with Gasteiger partial charge in [-0.15, -0.1) is 0 Å². The Labute approximate surface area is 135 Å². The quantitative estimate of drug-likeness (QED) is 0.758. The van der Waals surface area contributed by atoms with Crippen molar-refractivity contribution in [2.24, 2.45) is 0 Å². The second-order valence-corrected chi connectivity index (χ2v) is 5.49. The summed E-state index contributed by atoms with van der Waals surface area (Å²) in [4.78, 5) is 15.6. The number of hydrogen-bond acceptors (Lipinski definition) is 2. The van der Waals surface area contributed by atoms with Crippen LogP contribution in [0.15, 0.2) is 48.5 Å². The van der Waals surface area contributed by atoms with Gasteiger partial charge in [0, 0.05) is 17.4 Å². The second-order valence-electron chi connectivity index (χ2n) is 5.49. The van der Waals surface area contributed by atoms with E-state index in [9.17, 15) is 4.79 Å². The van der Waals surface area contributed by atoms with Crippen molar-refractivity contribution in [2.75, 3.05) is 13.7 Å². The Morgan fingerprint density at radius 2 is 1.87 bits per heavy atom. The number of benzene rings is 2. The highest BCUT2D eigenvalue weighted by Gasteiger charge is 2.14. The monoisotopic (exact) mass is 308 g/mol. The van der Waals surface area contributed by atoms with Gasteiger partial charge in [0.2, 0.25) is 0 Å². The molecule has 0 spiro atoms. The topological polar surface area (TPSA) is 54.1 Å². The van der Waals surface area contributed by atoms with Gasteiger partial charge in [-0.25, -0.2) is 0 Å².